The Balaban J connectivity index is 0.000000828. The van der Waals surface area contributed by atoms with Crippen LogP contribution in [0.5, 0.6) is 0 Å². The summed E-state index contributed by atoms with van der Waals surface area (Å²) in [6.45, 7) is 5.17. The van der Waals surface area contributed by atoms with Crippen molar-refractivity contribution >= 4 is 17.9 Å². The Bertz CT molecular complexity index is 637. The highest BCUT2D eigenvalue weighted by Crippen LogP contribution is 2.04. The molecule has 3 amide bonds. The fourth-order valence-electron chi connectivity index (χ4n) is 1.75. The fourth-order valence-corrected chi connectivity index (χ4v) is 1.75. The largest absolute Gasteiger partial charge is 0.480 e. The number of unbranched alkanes of at least 4 members (excludes halogenated alkanes) is 1. The number of carbonyl (C=O) groups is 3. The molecule has 1 aromatic rings. The van der Waals surface area contributed by atoms with Crippen molar-refractivity contribution in [2.75, 3.05) is 13.2 Å². The number of carbonyl (C=O) groups excluding carboxylic acids is 2. The van der Waals surface area contributed by atoms with Gasteiger partial charge >= 0.3 is 12.0 Å². The van der Waals surface area contributed by atoms with Crippen LogP contribution in [0.15, 0.2) is 4.52 Å². The molecule has 1 aromatic heterocycles. The Hall–Kier alpha value is -2.77. The molecule has 0 aromatic carbocycles. The first-order chi connectivity index (χ1) is 13.6. The number of aliphatic hydroxyl groups is 2. The number of aliphatic carboxylic acids is 1. The molecule has 29 heavy (non-hydrogen) atoms. The van der Waals surface area contributed by atoms with Gasteiger partial charge in [-0.05, 0) is 13.3 Å². The van der Waals surface area contributed by atoms with Gasteiger partial charge in [-0.3, -0.25) is 4.79 Å². The van der Waals surface area contributed by atoms with Crippen molar-refractivity contribution in [1.82, 2.24) is 26.1 Å². The fraction of sp³-hybridized carbons (Fsp3) is 0.688. The lowest BCUT2D eigenvalue weighted by molar-refractivity contribution is -0.141. The third-order valence-corrected chi connectivity index (χ3v) is 3.35. The number of aromatic nitrogens is 2. The molecule has 0 saturated heterocycles. The average Bonchev–Trinajstić information content (AvgIpc) is 3.13. The van der Waals surface area contributed by atoms with Gasteiger partial charge in [0.15, 0.2) is 11.9 Å². The maximum Gasteiger partial charge on any atom is 0.328 e. The van der Waals surface area contributed by atoms with Crippen molar-refractivity contribution in [3.8, 4) is 0 Å². The van der Waals surface area contributed by atoms with Crippen molar-refractivity contribution in [3.05, 3.63) is 11.7 Å². The number of hydrogen-bond donors (Lipinski definition) is 7. The van der Waals surface area contributed by atoms with Gasteiger partial charge in [-0.25, -0.2) is 9.59 Å². The van der Waals surface area contributed by atoms with Gasteiger partial charge in [0, 0.05) is 13.5 Å². The normalized spacial score (nSPS) is 13.3. The van der Waals surface area contributed by atoms with Crippen LogP contribution in [0.1, 0.15) is 51.4 Å². The molecule has 0 aliphatic heterocycles. The summed E-state index contributed by atoms with van der Waals surface area (Å²) in [5.41, 5.74) is 5.47. The predicted molar refractivity (Wildman–Crippen MR) is 100 cm³/mol. The molecule has 13 nitrogen and oxygen atoms in total. The van der Waals surface area contributed by atoms with Gasteiger partial charge in [0.25, 0.3) is 0 Å². The standard InChI is InChI=1S/C10H17N5O6.C6H13NO/c1-4(17)7(9(18)19)14-10(20)12-2-6-13-8(15-21-6)5(11)3-16;1-3-4-5-7-6(2)8/h4-5,7,16-17H,2-3,11H2,1H3,(H,18,19)(H2,12,14,20);3-5H2,1-2H3,(H,7,8). The van der Waals surface area contributed by atoms with Crippen LogP contribution in [-0.2, 0) is 16.1 Å². The molecule has 0 spiro atoms. The topological polar surface area (TPSA) is 213 Å². The number of hydrogen-bond acceptors (Lipinski definition) is 9. The van der Waals surface area contributed by atoms with E-state index in [1.807, 2.05) is 0 Å². The third-order valence-electron chi connectivity index (χ3n) is 3.35. The molecule has 0 bridgehead atoms. The summed E-state index contributed by atoms with van der Waals surface area (Å²) < 4.78 is 4.78. The minimum Gasteiger partial charge on any atom is -0.480 e. The molecule has 0 aliphatic rings. The van der Waals surface area contributed by atoms with E-state index < -0.39 is 30.2 Å². The Kier molecular flexibility index (Phi) is 12.9. The number of urea groups is 1. The Morgan fingerprint density at radius 1 is 1.28 bits per heavy atom. The van der Waals surface area contributed by atoms with Crippen LogP contribution in [-0.4, -0.2) is 68.7 Å². The van der Waals surface area contributed by atoms with Crippen LogP contribution in [0.3, 0.4) is 0 Å². The van der Waals surface area contributed by atoms with Crippen molar-refractivity contribution < 1.29 is 34.2 Å². The smallest absolute Gasteiger partial charge is 0.328 e. The van der Waals surface area contributed by atoms with E-state index in [2.05, 4.69) is 33.0 Å². The second-order valence-corrected chi connectivity index (χ2v) is 6.06. The van der Waals surface area contributed by atoms with E-state index in [0.717, 1.165) is 19.4 Å². The molecule has 0 saturated carbocycles. The quantitative estimate of drug-likeness (QED) is 0.221. The summed E-state index contributed by atoms with van der Waals surface area (Å²) in [6, 6.07) is -3.05. The highest BCUT2D eigenvalue weighted by molar-refractivity contribution is 5.82. The monoisotopic (exact) mass is 418 g/mol. The van der Waals surface area contributed by atoms with Gasteiger partial charge in [-0.15, -0.1) is 0 Å². The number of amides is 3. The first-order valence-corrected chi connectivity index (χ1v) is 9.00. The summed E-state index contributed by atoms with van der Waals surface area (Å²) in [5, 5.41) is 37.4. The Morgan fingerprint density at radius 3 is 2.41 bits per heavy atom. The molecule has 13 heteroatoms. The Labute approximate surface area is 168 Å². The van der Waals surface area contributed by atoms with Gasteiger partial charge < -0.3 is 41.5 Å². The molecule has 3 unspecified atom stereocenters. The van der Waals surface area contributed by atoms with Crippen molar-refractivity contribution in [2.24, 2.45) is 5.73 Å². The number of nitrogens with one attached hydrogen (secondary N) is 3. The summed E-state index contributed by atoms with van der Waals surface area (Å²) in [7, 11) is 0. The second-order valence-electron chi connectivity index (χ2n) is 6.06. The second kappa shape index (κ2) is 14.3. The maximum atomic E-state index is 11.5. The van der Waals surface area contributed by atoms with Crippen molar-refractivity contribution in [3.63, 3.8) is 0 Å². The van der Waals surface area contributed by atoms with Crippen molar-refractivity contribution in [1.29, 1.82) is 0 Å². The van der Waals surface area contributed by atoms with Gasteiger partial charge in [0.2, 0.25) is 11.8 Å². The average molecular weight is 418 g/mol. The number of carboxylic acid groups (broad SMARTS) is 1. The first kappa shape index (κ1) is 26.2. The Morgan fingerprint density at radius 2 is 1.93 bits per heavy atom. The van der Waals surface area contributed by atoms with Gasteiger partial charge in [0.05, 0.1) is 25.3 Å². The third kappa shape index (κ3) is 11.6. The van der Waals surface area contributed by atoms with Crippen LogP contribution in [0.25, 0.3) is 0 Å². The number of nitrogens with two attached hydrogens (primary N) is 1. The molecular weight excluding hydrogens is 388 g/mol. The molecular formula is C16H30N6O7. The van der Waals surface area contributed by atoms with E-state index in [9.17, 15) is 19.5 Å². The highest BCUT2D eigenvalue weighted by atomic mass is 16.5. The zero-order valence-corrected chi connectivity index (χ0v) is 16.7. The molecule has 8 N–H and O–H groups in total. The van der Waals surface area contributed by atoms with E-state index in [4.69, 9.17) is 20.5 Å². The summed E-state index contributed by atoms with van der Waals surface area (Å²) >= 11 is 0. The van der Waals surface area contributed by atoms with E-state index in [1.165, 1.54) is 13.8 Å². The molecule has 1 heterocycles. The first-order valence-electron chi connectivity index (χ1n) is 9.00. The van der Waals surface area contributed by atoms with E-state index >= 15 is 0 Å². The van der Waals surface area contributed by atoms with Gasteiger partial charge in [-0.2, -0.15) is 4.98 Å². The molecule has 3 atom stereocenters. The lowest BCUT2D eigenvalue weighted by Crippen LogP contribution is -2.51. The molecule has 0 radical (unpaired) electrons. The van der Waals surface area contributed by atoms with Crippen LogP contribution in [0.4, 0.5) is 4.79 Å². The SMILES string of the molecule is CC(O)C(NC(=O)NCc1nc(C(N)CO)no1)C(=O)O.CCCCNC(C)=O. The highest BCUT2D eigenvalue weighted by Gasteiger charge is 2.25. The lowest BCUT2D eigenvalue weighted by Gasteiger charge is -2.16. The summed E-state index contributed by atoms with van der Waals surface area (Å²) in [5.74, 6) is -1.18. The number of rotatable bonds is 10. The van der Waals surface area contributed by atoms with Crippen LogP contribution >= 0.6 is 0 Å². The molecule has 166 valence electrons. The van der Waals surface area contributed by atoms with Crippen LogP contribution in [0.2, 0.25) is 0 Å². The lowest BCUT2D eigenvalue weighted by atomic mass is 10.2. The van der Waals surface area contributed by atoms with Gasteiger partial charge in [0.1, 0.15) is 0 Å². The number of aliphatic hydroxyl groups excluding tert-OH is 2. The number of nitrogens with zero attached hydrogens (tertiary/aromatic N) is 2. The summed E-state index contributed by atoms with van der Waals surface area (Å²) in [6.07, 6.45) is 0.964. The minimum atomic E-state index is -1.44. The van der Waals surface area contributed by atoms with Crippen LogP contribution in [0, 0.1) is 0 Å². The van der Waals surface area contributed by atoms with Crippen molar-refractivity contribution in [2.45, 2.75) is 58.3 Å². The van der Waals surface area contributed by atoms with E-state index in [-0.39, 0.29) is 30.8 Å². The zero-order chi connectivity index (χ0) is 22.4. The molecule has 1 rings (SSSR count). The predicted octanol–water partition coefficient (Wildman–Crippen LogP) is -1.38. The maximum absolute atomic E-state index is 11.5. The molecule has 0 aliphatic carbocycles. The van der Waals surface area contributed by atoms with E-state index in [0.29, 0.717) is 0 Å². The molecule has 0 fully saturated rings. The van der Waals surface area contributed by atoms with E-state index in [1.54, 1.807) is 0 Å². The van der Waals surface area contributed by atoms with Gasteiger partial charge in [-0.1, -0.05) is 18.5 Å². The van der Waals surface area contributed by atoms with Crippen LogP contribution < -0.4 is 21.7 Å². The number of carboxylic acids is 1. The summed E-state index contributed by atoms with van der Waals surface area (Å²) in [4.78, 5) is 36.3. The zero-order valence-electron chi connectivity index (χ0n) is 16.7. The minimum absolute atomic E-state index is 0.0352.